The Morgan fingerprint density at radius 2 is 2.25 bits per heavy atom. The Bertz CT molecular complexity index is 262. The Labute approximate surface area is 95.8 Å². The van der Waals surface area contributed by atoms with Crippen molar-refractivity contribution in [1.82, 2.24) is 10.2 Å². The fourth-order valence-electron chi connectivity index (χ4n) is 1.90. The molecule has 0 bridgehead atoms. The van der Waals surface area contributed by atoms with Gasteiger partial charge in [-0.2, -0.15) is 0 Å². The van der Waals surface area contributed by atoms with Crippen LogP contribution in [0, 0.1) is 5.92 Å². The molecule has 1 saturated heterocycles. The van der Waals surface area contributed by atoms with Gasteiger partial charge in [-0.1, -0.05) is 6.92 Å². The molecule has 0 aromatic heterocycles. The van der Waals surface area contributed by atoms with Gasteiger partial charge in [0.05, 0.1) is 12.0 Å². The second kappa shape index (κ2) is 5.84. The number of carbonyl (C=O) groups is 2. The summed E-state index contributed by atoms with van der Waals surface area (Å²) < 4.78 is 0. The molecule has 1 rings (SSSR count). The quantitative estimate of drug-likeness (QED) is 0.710. The third-order valence-corrected chi connectivity index (χ3v) is 2.97. The van der Waals surface area contributed by atoms with Crippen molar-refractivity contribution in [2.75, 3.05) is 19.6 Å². The predicted molar refractivity (Wildman–Crippen MR) is 60.1 cm³/mol. The van der Waals surface area contributed by atoms with E-state index in [4.69, 9.17) is 5.11 Å². The van der Waals surface area contributed by atoms with Gasteiger partial charge in [-0.25, -0.2) is 0 Å². The Hall–Kier alpha value is -1.10. The molecule has 1 aliphatic heterocycles. The molecule has 1 unspecified atom stereocenters. The molecule has 1 heterocycles. The maximum atomic E-state index is 12.0. The summed E-state index contributed by atoms with van der Waals surface area (Å²) >= 11 is 0. The lowest BCUT2D eigenvalue weighted by molar-refractivity contribution is -0.143. The number of carbonyl (C=O) groups excluding carboxylic acids is 1. The van der Waals surface area contributed by atoms with Gasteiger partial charge in [-0.3, -0.25) is 9.59 Å². The van der Waals surface area contributed by atoms with Crippen LogP contribution in [0.2, 0.25) is 0 Å². The summed E-state index contributed by atoms with van der Waals surface area (Å²) in [6, 6.07) is -0.110. The van der Waals surface area contributed by atoms with Crippen LogP contribution >= 0.6 is 0 Å². The molecule has 0 radical (unpaired) electrons. The highest BCUT2D eigenvalue weighted by molar-refractivity contribution is 5.82. The highest BCUT2D eigenvalue weighted by Crippen LogP contribution is 2.10. The SMILES string of the molecule is CCN(CC(C)C(=O)O)C(=O)[C@H]1CCCN1. The molecule has 0 aliphatic carbocycles. The number of hydrogen-bond acceptors (Lipinski definition) is 3. The number of carboxylic acid groups (broad SMARTS) is 1. The first-order valence-corrected chi connectivity index (χ1v) is 5.81. The van der Waals surface area contributed by atoms with E-state index in [1.807, 2.05) is 6.92 Å². The average molecular weight is 228 g/mol. The van der Waals surface area contributed by atoms with Gasteiger partial charge in [0.2, 0.25) is 5.91 Å². The van der Waals surface area contributed by atoms with Crippen molar-refractivity contribution < 1.29 is 14.7 Å². The largest absolute Gasteiger partial charge is 0.481 e. The zero-order valence-electron chi connectivity index (χ0n) is 9.90. The number of nitrogens with zero attached hydrogens (tertiary/aromatic N) is 1. The first-order chi connectivity index (χ1) is 7.56. The second-order valence-corrected chi connectivity index (χ2v) is 4.27. The maximum Gasteiger partial charge on any atom is 0.308 e. The highest BCUT2D eigenvalue weighted by Gasteiger charge is 2.27. The monoisotopic (exact) mass is 228 g/mol. The molecule has 92 valence electrons. The Kier molecular flexibility index (Phi) is 4.73. The van der Waals surface area contributed by atoms with E-state index in [-0.39, 0.29) is 11.9 Å². The summed E-state index contributed by atoms with van der Waals surface area (Å²) in [4.78, 5) is 24.4. The van der Waals surface area contributed by atoms with Crippen LogP contribution < -0.4 is 5.32 Å². The fourth-order valence-corrected chi connectivity index (χ4v) is 1.90. The third-order valence-electron chi connectivity index (χ3n) is 2.97. The van der Waals surface area contributed by atoms with Crippen LogP contribution in [0.3, 0.4) is 0 Å². The van der Waals surface area contributed by atoms with Crippen molar-refractivity contribution in [3.63, 3.8) is 0 Å². The molecule has 2 N–H and O–H groups in total. The average Bonchev–Trinajstić information content (AvgIpc) is 2.77. The molecule has 1 fully saturated rings. The van der Waals surface area contributed by atoms with Crippen LogP contribution in [0.4, 0.5) is 0 Å². The van der Waals surface area contributed by atoms with Crippen molar-refractivity contribution in [1.29, 1.82) is 0 Å². The molecule has 16 heavy (non-hydrogen) atoms. The first-order valence-electron chi connectivity index (χ1n) is 5.81. The predicted octanol–water partition coefficient (Wildman–Crippen LogP) is 0.308. The van der Waals surface area contributed by atoms with Crippen LogP contribution in [0.1, 0.15) is 26.7 Å². The summed E-state index contributed by atoms with van der Waals surface area (Å²) in [6.07, 6.45) is 1.87. The van der Waals surface area contributed by atoms with Gasteiger partial charge in [0.15, 0.2) is 0 Å². The molecule has 1 aliphatic rings. The van der Waals surface area contributed by atoms with E-state index in [1.54, 1.807) is 11.8 Å². The minimum absolute atomic E-state index is 0.0353. The molecule has 0 aromatic carbocycles. The van der Waals surface area contributed by atoms with Gasteiger partial charge in [0, 0.05) is 13.1 Å². The normalized spacial score (nSPS) is 21.8. The number of likely N-dealkylation sites (N-methyl/N-ethyl adjacent to an activating group) is 1. The van der Waals surface area contributed by atoms with Gasteiger partial charge in [0.1, 0.15) is 0 Å². The maximum absolute atomic E-state index is 12.0. The number of aliphatic carboxylic acids is 1. The molecule has 0 saturated carbocycles. The summed E-state index contributed by atoms with van der Waals surface area (Å²) in [5, 5.41) is 12.0. The van der Waals surface area contributed by atoms with Crippen LogP contribution in [0.25, 0.3) is 0 Å². The van der Waals surface area contributed by atoms with Crippen molar-refractivity contribution in [3.05, 3.63) is 0 Å². The third kappa shape index (κ3) is 3.20. The number of nitrogens with one attached hydrogen (secondary N) is 1. The summed E-state index contributed by atoms with van der Waals surface area (Å²) in [6.45, 7) is 5.24. The number of hydrogen-bond donors (Lipinski definition) is 2. The van der Waals surface area contributed by atoms with Crippen LogP contribution in [0.15, 0.2) is 0 Å². The molecule has 5 nitrogen and oxygen atoms in total. The summed E-state index contributed by atoms with van der Waals surface area (Å²) in [5.41, 5.74) is 0. The number of carboxylic acids is 1. The molecular formula is C11H20N2O3. The van der Waals surface area contributed by atoms with Crippen LogP contribution in [0.5, 0.6) is 0 Å². The van der Waals surface area contributed by atoms with Crippen molar-refractivity contribution in [3.8, 4) is 0 Å². The van der Waals surface area contributed by atoms with E-state index in [1.165, 1.54) is 0 Å². The van der Waals surface area contributed by atoms with Crippen LogP contribution in [-0.2, 0) is 9.59 Å². The lowest BCUT2D eigenvalue weighted by atomic mass is 10.1. The lowest BCUT2D eigenvalue weighted by Crippen LogP contribution is -2.45. The van der Waals surface area contributed by atoms with Gasteiger partial charge < -0.3 is 15.3 Å². The van der Waals surface area contributed by atoms with E-state index in [2.05, 4.69) is 5.32 Å². The van der Waals surface area contributed by atoms with Crippen LogP contribution in [-0.4, -0.2) is 47.6 Å². The molecule has 5 heteroatoms. The van der Waals surface area contributed by atoms with E-state index in [9.17, 15) is 9.59 Å². The van der Waals surface area contributed by atoms with Gasteiger partial charge in [-0.05, 0) is 26.3 Å². The zero-order valence-corrected chi connectivity index (χ0v) is 9.90. The summed E-state index contributed by atoms with van der Waals surface area (Å²) in [5.74, 6) is -1.33. The molecule has 2 atom stereocenters. The first kappa shape index (κ1) is 13.0. The minimum Gasteiger partial charge on any atom is -0.481 e. The van der Waals surface area contributed by atoms with Crippen molar-refractivity contribution >= 4 is 11.9 Å². The van der Waals surface area contributed by atoms with E-state index in [0.717, 1.165) is 19.4 Å². The Morgan fingerprint density at radius 1 is 1.56 bits per heavy atom. The Morgan fingerprint density at radius 3 is 2.69 bits per heavy atom. The zero-order chi connectivity index (χ0) is 12.1. The fraction of sp³-hybridized carbons (Fsp3) is 0.818. The molecule has 0 aromatic rings. The number of rotatable bonds is 5. The molecule has 0 spiro atoms. The smallest absolute Gasteiger partial charge is 0.308 e. The van der Waals surface area contributed by atoms with E-state index in [0.29, 0.717) is 13.1 Å². The summed E-state index contributed by atoms with van der Waals surface area (Å²) in [7, 11) is 0. The van der Waals surface area contributed by atoms with E-state index < -0.39 is 11.9 Å². The standard InChI is InChI=1S/C11H20N2O3/c1-3-13(7-8(2)11(15)16)10(14)9-5-4-6-12-9/h8-9,12H,3-7H2,1-2H3,(H,15,16)/t8?,9-/m1/s1. The van der Waals surface area contributed by atoms with Crippen molar-refractivity contribution in [2.45, 2.75) is 32.7 Å². The van der Waals surface area contributed by atoms with Gasteiger partial charge >= 0.3 is 5.97 Å². The Balaban J connectivity index is 2.52. The van der Waals surface area contributed by atoms with Crippen molar-refractivity contribution in [2.24, 2.45) is 5.92 Å². The van der Waals surface area contributed by atoms with Gasteiger partial charge in [0.25, 0.3) is 0 Å². The lowest BCUT2D eigenvalue weighted by Gasteiger charge is -2.25. The van der Waals surface area contributed by atoms with E-state index >= 15 is 0 Å². The second-order valence-electron chi connectivity index (χ2n) is 4.27. The van der Waals surface area contributed by atoms with Gasteiger partial charge in [-0.15, -0.1) is 0 Å². The minimum atomic E-state index is -0.856. The topological polar surface area (TPSA) is 69.6 Å². The highest BCUT2D eigenvalue weighted by atomic mass is 16.4. The number of amides is 1. The molecule has 1 amide bonds. The molecular weight excluding hydrogens is 208 g/mol.